The summed E-state index contributed by atoms with van der Waals surface area (Å²) in [5.74, 6) is -0.643. The zero-order chi connectivity index (χ0) is 19.4. The first-order valence-electron chi connectivity index (χ1n) is 7.61. The molecule has 1 aromatic heterocycles. The van der Waals surface area contributed by atoms with E-state index in [0.717, 1.165) is 10.9 Å². The summed E-state index contributed by atoms with van der Waals surface area (Å²) < 4.78 is 22.5. The molecule has 0 atom stereocenters. The molecule has 27 heavy (non-hydrogen) atoms. The van der Waals surface area contributed by atoms with E-state index in [9.17, 15) is 18.5 Å². The van der Waals surface area contributed by atoms with Gasteiger partial charge in [0.1, 0.15) is 11.6 Å². The molecule has 1 heterocycles. The summed E-state index contributed by atoms with van der Waals surface area (Å²) in [5, 5.41) is 27.3. The van der Waals surface area contributed by atoms with Crippen LogP contribution in [0.3, 0.4) is 0 Å². The minimum absolute atomic E-state index is 0.0765. The highest BCUT2D eigenvalue weighted by Crippen LogP contribution is 2.17. The van der Waals surface area contributed by atoms with E-state index in [1.807, 2.05) is 12.1 Å². The fraction of sp³-hybridized carbons (Fsp3) is 0. The van der Waals surface area contributed by atoms with E-state index in [4.69, 9.17) is 5.14 Å². The lowest BCUT2D eigenvalue weighted by Gasteiger charge is -2.06. The summed E-state index contributed by atoms with van der Waals surface area (Å²) in [6.45, 7) is 0. The molecule has 0 saturated heterocycles. The van der Waals surface area contributed by atoms with Crippen LogP contribution in [0, 0.1) is 11.3 Å². The maximum Gasteiger partial charge on any atom is 0.267 e. The smallest absolute Gasteiger partial charge is 0.267 e. The number of rotatable bonds is 5. The number of H-pyrrole nitrogens is 1. The number of hydrogen-bond donors (Lipinski definition) is 4. The van der Waals surface area contributed by atoms with Crippen LogP contribution < -0.4 is 15.8 Å². The molecule has 0 saturated carbocycles. The number of nitriles is 1. The molecule has 136 valence electrons. The zero-order valence-electron chi connectivity index (χ0n) is 13.8. The van der Waals surface area contributed by atoms with E-state index >= 15 is 0 Å². The van der Waals surface area contributed by atoms with Crippen molar-refractivity contribution in [2.24, 2.45) is 5.14 Å². The molecular weight excluding hydrogens is 368 g/mol. The first-order valence-corrected chi connectivity index (χ1v) is 9.15. The van der Waals surface area contributed by atoms with Gasteiger partial charge in [0.2, 0.25) is 10.0 Å². The average Bonchev–Trinajstić information content (AvgIpc) is 3.09. The highest BCUT2D eigenvalue weighted by atomic mass is 32.2. The number of amides is 1. The topological polar surface area (TPSA) is 154 Å². The van der Waals surface area contributed by atoms with Crippen LogP contribution in [0.1, 0.15) is 0 Å². The quantitative estimate of drug-likeness (QED) is 0.389. The van der Waals surface area contributed by atoms with Crippen molar-refractivity contribution in [3.8, 4) is 6.07 Å². The standard InChI is InChI=1S/C17H14N6O3S/c18-8-12(9-20-14-2-1-11-10-21-23-16(11)7-14)17(24)22-13-3-5-15(6-4-13)27(19,25)26/h1-7,9-10,20H,(H,21,23)(H,22,24)(H2,19,25,26)/b12-9-. The zero-order valence-corrected chi connectivity index (χ0v) is 14.6. The third-order valence-electron chi connectivity index (χ3n) is 3.63. The van der Waals surface area contributed by atoms with Crippen LogP contribution in [0.25, 0.3) is 10.9 Å². The lowest BCUT2D eigenvalue weighted by atomic mass is 10.2. The maximum atomic E-state index is 12.2. The molecule has 9 nitrogen and oxygen atoms in total. The molecule has 1 amide bonds. The van der Waals surface area contributed by atoms with Gasteiger partial charge < -0.3 is 10.6 Å². The van der Waals surface area contributed by atoms with Crippen molar-refractivity contribution < 1.29 is 13.2 Å². The molecule has 0 fully saturated rings. The highest BCUT2D eigenvalue weighted by Gasteiger charge is 2.11. The lowest BCUT2D eigenvalue weighted by Crippen LogP contribution is -2.15. The predicted molar refractivity (Wildman–Crippen MR) is 99.9 cm³/mol. The Morgan fingerprint density at radius 2 is 1.89 bits per heavy atom. The number of aromatic amines is 1. The van der Waals surface area contributed by atoms with E-state index in [2.05, 4.69) is 20.8 Å². The summed E-state index contributed by atoms with van der Waals surface area (Å²) in [6.07, 6.45) is 2.97. The summed E-state index contributed by atoms with van der Waals surface area (Å²) in [6, 6.07) is 12.5. The summed E-state index contributed by atoms with van der Waals surface area (Å²) in [4.78, 5) is 12.1. The summed E-state index contributed by atoms with van der Waals surface area (Å²) in [7, 11) is -3.81. The maximum absolute atomic E-state index is 12.2. The van der Waals surface area contributed by atoms with Crippen molar-refractivity contribution in [3.63, 3.8) is 0 Å². The van der Waals surface area contributed by atoms with Gasteiger partial charge in [-0.25, -0.2) is 13.6 Å². The molecule has 10 heteroatoms. The second-order valence-corrected chi connectivity index (χ2v) is 7.07. The SMILES string of the molecule is N#C/C(=C/Nc1ccc2cn[nH]c2c1)C(=O)Nc1ccc(S(N)(=O)=O)cc1. The van der Waals surface area contributed by atoms with E-state index < -0.39 is 15.9 Å². The monoisotopic (exact) mass is 382 g/mol. The number of benzene rings is 2. The van der Waals surface area contributed by atoms with Crippen LogP contribution in [-0.2, 0) is 14.8 Å². The number of sulfonamides is 1. The molecule has 0 spiro atoms. The van der Waals surface area contributed by atoms with Gasteiger partial charge in [0.15, 0.2) is 0 Å². The fourth-order valence-corrected chi connectivity index (χ4v) is 2.77. The Labute approximate surface area is 154 Å². The van der Waals surface area contributed by atoms with Gasteiger partial charge in [0, 0.05) is 23.0 Å². The van der Waals surface area contributed by atoms with Gasteiger partial charge in [-0.2, -0.15) is 10.4 Å². The number of carbonyl (C=O) groups is 1. The molecule has 0 bridgehead atoms. The van der Waals surface area contributed by atoms with Gasteiger partial charge in [-0.3, -0.25) is 9.89 Å². The normalized spacial score (nSPS) is 11.8. The fourth-order valence-electron chi connectivity index (χ4n) is 2.26. The van der Waals surface area contributed by atoms with E-state index in [-0.39, 0.29) is 10.5 Å². The van der Waals surface area contributed by atoms with Crippen LogP contribution >= 0.6 is 0 Å². The number of hydrogen-bond acceptors (Lipinski definition) is 6. The third kappa shape index (κ3) is 4.30. The number of anilines is 2. The van der Waals surface area contributed by atoms with Crippen molar-refractivity contribution >= 4 is 38.2 Å². The predicted octanol–water partition coefficient (Wildman–Crippen LogP) is 1.67. The molecular formula is C17H14N6O3S. The number of fused-ring (bicyclic) bond motifs is 1. The Balaban J connectivity index is 1.71. The summed E-state index contributed by atoms with van der Waals surface area (Å²) >= 11 is 0. The van der Waals surface area contributed by atoms with Crippen molar-refractivity contribution in [3.05, 3.63) is 60.4 Å². The molecule has 0 unspecified atom stereocenters. The molecule has 3 aromatic rings. The Bertz CT molecular complexity index is 1170. The third-order valence-corrected chi connectivity index (χ3v) is 4.56. The largest absolute Gasteiger partial charge is 0.360 e. The number of nitrogens with zero attached hydrogens (tertiary/aromatic N) is 2. The van der Waals surface area contributed by atoms with Gasteiger partial charge in [-0.15, -0.1) is 0 Å². The van der Waals surface area contributed by atoms with E-state index in [1.54, 1.807) is 18.3 Å². The lowest BCUT2D eigenvalue weighted by molar-refractivity contribution is -0.112. The van der Waals surface area contributed by atoms with Crippen LogP contribution in [0.5, 0.6) is 0 Å². The number of nitrogens with two attached hydrogens (primary N) is 1. The number of aromatic nitrogens is 2. The van der Waals surface area contributed by atoms with Crippen molar-refractivity contribution in [2.75, 3.05) is 10.6 Å². The van der Waals surface area contributed by atoms with Crippen LogP contribution in [-0.4, -0.2) is 24.5 Å². The van der Waals surface area contributed by atoms with Crippen LogP contribution in [0.15, 0.2) is 65.3 Å². The minimum Gasteiger partial charge on any atom is -0.360 e. The van der Waals surface area contributed by atoms with Gasteiger partial charge >= 0.3 is 0 Å². The minimum atomic E-state index is -3.81. The molecule has 0 aliphatic rings. The van der Waals surface area contributed by atoms with E-state index in [0.29, 0.717) is 11.4 Å². The number of carbonyl (C=O) groups excluding carboxylic acids is 1. The Morgan fingerprint density at radius 1 is 1.19 bits per heavy atom. The second-order valence-electron chi connectivity index (χ2n) is 5.51. The highest BCUT2D eigenvalue weighted by molar-refractivity contribution is 7.89. The van der Waals surface area contributed by atoms with Crippen molar-refractivity contribution in [2.45, 2.75) is 4.90 Å². The van der Waals surface area contributed by atoms with Gasteiger partial charge in [-0.1, -0.05) is 0 Å². The molecule has 0 aliphatic carbocycles. The Hall–Kier alpha value is -3.68. The Kier molecular flexibility index (Phi) is 4.89. The molecule has 3 rings (SSSR count). The van der Waals surface area contributed by atoms with Gasteiger partial charge in [-0.05, 0) is 42.5 Å². The van der Waals surface area contributed by atoms with E-state index in [1.165, 1.54) is 30.5 Å². The number of nitrogens with one attached hydrogen (secondary N) is 3. The van der Waals surface area contributed by atoms with Crippen LogP contribution in [0.2, 0.25) is 0 Å². The van der Waals surface area contributed by atoms with Crippen molar-refractivity contribution in [1.82, 2.24) is 10.2 Å². The first-order chi connectivity index (χ1) is 12.9. The first kappa shape index (κ1) is 18.1. The molecule has 0 aliphatic heterocycles. The Morgan fingerprint density at radius 3 is 2.56 bits per heavy atom. The van der Waals surface area contributed by atoms with Crippen LogP contribution in [0.4, 0.5) is 11.4 Å². The summed E-state index contributed by atoms with van der Waals surface area (Å²) in [5.41, 5.74) is 1.65. The average molecular weight is 382 g/mol. The number of primary sulfonamides is 1. The van der Waals surface area contributed by atoms with Gasteiger partial charge in [0.25, 0.3) is 5.91 Å². The molecule has 0 radical (unpaired) electrons. The molecule has 5 N–H and O–H groups in total. The second kappa shape index (κ2) is 7.28. The van der Waals surface area contributed by atoms with Crippen molar-refractivity contribution in [1.29, 1.82) is 5.26 Å². The molecule has 2 aromatic carbocycles. The van der Waals surface area contributed by atoms with Gasteiger partial charge in [0.05, 0.1) is 16.6 Å².